The van der Waals surface area contributed by atoms with Gasteiger partial charge in [-0.25, -0.2) is 10.4 Å². The van der Waals surface area contributed by atoms with Crippen LogP contribution in [0.25, 0.3) is 0 Å². The molecule has 1 heterocycles. The van der Waals surface area contributed by atoms with E-state index in [-0.39, 0.29) is 6.04 Å². The van der Waals surface area contributed by atoms with Crippen LogP contribution < -0.4 is 11.3 Å². The Morgan fingerprint density at radius 2 is 2.38 bits per heavy atom. The van der Waals surface area contributed by atoms with E-state index >= 15 is 0 Å². The maximum absolute atomic E-state index is 5.47. The molecule has 0 aliphatic heterocycles. The van der Waals surface area contributed by atoms with Gasteiger partial charge >= 0.3 is 0 Å². The smallest absolute Gasteiger partial charge is 0.0798 e. The highest BCUT2D eigenvalue weighted by Crippen LogP contribution is 2.22. The molecule has 0 aliphatic carbocycles. The van der Waals surface area contributed by atoms with Crippen molar-refractivity contribution < 1.29 is 0 Å². The summed E-state index contributed by atoms with van der Waals surface area (Å²) in [6.45, 7) is 6.11. The zero-order chi connectivity index (χ0) is 9.84. The average Bonchev–Trinajstić information content (AvgIpc) is 2.47. The summed E-state index contributed by atoms with van der Waals surface area (Å²) in [7, 11) is 0. The molecule has 0 aromatic carbocycles. The number of hydrogen-bond acceptors (Lipinski definition) is 4. The Morgan fingerprint density at radius 3 is 2.77 bits per heavy atom. The summed E-state index contributed by atoms with van der Waals surface area (Å²) in [4.78, 5) is 5.37. The molecule has 3 N–H and O–H groups in total. The zero-order valence-corrected chi connectivity index (χ0v) is 8.98. The molecule has 1 rings (SSSR count). The maximum Gasteiger partial charge on any atom is 0.0798 e. The van der Waals surface area contributed by atoms with Gasteiger partial charge in [0.25, 0.3) is 0 Å². The summed E-state index contributed by atoms with van der Waals surface area (Å²) in [5, 5.41) is 0. The van der Waals surface area contributed by atoms with Crippen molar-refractivity contribution in [1.82, 2.24) is 10.4 Å². The number of aromatic nitrogens is 1. The number of hydrazine groups is 1. The van der Waals surface area contributed by atoms with Gasteiger partial charge in [-0.1, -0.05) is 11.6 Å². The summed E-state index contributed by atoms with van der Waals surface area (Å²) in [6.07, 6.45) is 2.10. The molecule has 0 amide bonds. The molecule has 4 heteroatoms. The van der Waals surface area contributed by atoms with Gasteiger partial charge in [0.2, 0.25) is 0 Å². The highest BCUT2D eigenvalue weighted by atomic mass is 32.1. The van der Waals surface area contributed by atoms with Crippen LogP contribution in [0.3, 0.4) is 0 Å². The fourth-order valence-corrected chi connectivity index (χ4v) is 1.97. The van der Waals surface area contributed by atoms with Crippen molar-refractivity contribution >= 4 is 11.3 Å². The predicted molar refractivity (Wildman–Crippen MR) is 56.3 cm³/mol. The Kier molecular flexibility index (Phi) is 3.59. The molecule has 0 radical (unpaired) electrons. The summed E-state index contributed by atoms with van der Waals surface area (Å²) in [5.74, 6) is 5.47. The van der Waals surface area contributed by atoms with Crippen LogP contribution in [0.5, 0.6) is 0 Å². The highest BCUT2D eigenvalue weighted by molar-refractivity contribution is 7.09. The Labute approximate surface area is 82.7 Å². The number of nitrogens with one attached hydrogen (secondary N) is 1. The molecule has 0 aliphatic rings. The van der Waals surface area contributed by atoms with E-state index in [1.165, 1.54) is 10.5 Å². The number of hydrogen-bond donors (Lipinski definition) is 2. The number of nitrogens with zero attached hydrogens (tertiary/aromatic N) is 1. The first kappa shape index (κ1) is 10.4. The molecule has 0 spiro atoms. The Balaban J connectivity index is 2.91. The summed E-state index contributed by atoms with van der Waals surface area (Å²) >= 11 is 1.63. The van der Waals surface area contributed by atoms with Gasteiger partial charge in [-0.05, 0) is 20.8 Å². The van der Waals surface area contributed by atoms with Crippen molar-refractivity contribution in [3.05, 3.63) is 27.7 Å². The molecule has 0 bridgehead atoms. The van der Waals surface area contributed by atoms with E-state index < -0.39 is 0 Å². The lowest BCUT2D eigenvalue weighted by atomic mass is 10.1. The second kappa shape index (κ2) is 4.50. The molecule has 1 atom stereocenters. The predicted octanol–water partition coefficient (Wildman–Crippen LogP) is 1.92. The molecule has 1 aromatic heterocycles. The molecule has 13 heavy (non-hydrogen) atoms. The standard InChI is InChI=1S/C9H15N3S/c1-6(2)4-8(12-10)9-7(3)11-5-13-9/h4-5,8,12H,10H2,1-3H3. The fraction of sp³-hybridized carbons (Fsp3) is 0.444. The second-order valence-electron chi connectivity index (χ2n) is 3.19. The molecular formula is C9H15N3S. The lowest BCUT2D eigenvalue weighted by Crippen LogP contribution is -2.26. The number of aryl methyl sites for hydroxylation is 1. The van der Waals surface area contributed by atoms with Crippen molar-refractivity contribution in [2.45, 2.75) is 26.8 Å². The quantitative estimate of drug-likeness (QED) is 0.442. The van der Waals surface area contributed by atoms with Crippen LogP contribution in [0.1, 0.15) is 30.5 Å². The van der Waals surface area contributed by atoms with Crippen molar-refractivity contribution in [2.24, 2.45) is 5.84 Å². The molecule has 72 valence electrons. The zero-order valence-electron chi connectivity index (χ0n) is 8.16. The third kappa shape index (κ3) is 2.62. The Hall–Kier alpha value is -0.710. The SMILES string of the molecule is CC(C)=CC(NN)c1scnc1C. The van der Waals surface area contributed by atoms with E-state index in [0.717, 1.165) is 5.69 Å². The van der Waals surface area contributed by atoms with Gasteiger partial charge in [-0.2, -0.15) is 0 Å². The van der Waals surface area contributed by atoms with Crippen molar-refractivity contribution in [3.8, 4) is 0 Å². The first-order valence-electron chi connectivity index (χ1n) is 4.16. The molecule has 1 aromatic rings. The van der Waals surface area contributed by atoms with E-state index in [0.29, 0.717) is 0 Å². The average molecular weight is 197 g/mol. The Bertz CT molecular complexity index is 300. The Morgan fingerprint density at radius 1 is 1.69 bits per heavy atom. The number of rotatable bonds is 3. The van der Waals surface area contributed by atoms with E-state index in [1.54, 1.807) is 11.3 Å². The van der Waals surface area contributed by atoms with Gasteiger partial charge in [-0.15, -0.1) is 11.3 Å². The van der Waals surface area contributed by atoms with Crippen LogP contribution in [0.4, 0.5) is 0 Å². The summed E-state index contributed by atoms with van der Waals surface area (Å²) in [6, 6.07) is 0.0949. The van der Waals surface area contributed by atoms with E-state index in [1.807, 2.05) is 12.4 Å². The first-order chi connectivity index (χ1) is 6.15. The van der Waals surface area contributed by atoms with Gasteiger partial charge < -0.3 is 0 Å². The third-order valence-corrected chi connectivity index (χ3v) is 2.76. The fourth-order valence-electron chi connectivity index (χ4n) is 1.14. The monoisotopic (exact) mass is 197 g/mol. The van der Waals surface area contributed by atoms with Crippen LogP contribution >= 0.6 is 11.3 Å². The normalized spacial score (nSPS) is 12.6. The third-order valence-electron chi connectivity index (χ3n) is 1.74. The van der Waals surface area contributed by atoms with Crippen molar-refractivity contribution in [2.75, 3.05) is 0 Å². The molecular weight excluding hydrogens is 182 g/mol. The second-order valence-corrected chi connectivity index (χ2v) is 4.08. The minimum absolute atomic E-state index is 0.0949. The number of nitrogens with two attached hydrogens (primary N) is 1. The molecule has 3 nitrogen and oxygen atoms in total. The van der Waals surface area contributed by atoms with Gasteiger partial charge in [0, 0.05) is 4.88 Å². The van der Waals surface area contributed by atoms with Crippen molar-refractivity contribution in [1.29, 1.82) is 0 Å². The van der Waals surface area contributed by atoms with Crippen LogP contribution in [0.15, 0.2) is 17.2 Å². The van der Waals surface area contributed by atoms with Crippen LogP contribution in [0.2, 0.25) is 0 Å². The van der Waals surface area contributed by atoms with Gasteiger partial charge in [0.1, 0.15) is 0 Å². The van der Waals surface area contributed by atoms with E-state index in [9.17, 15) is 0 Å². The maximum atomic E-state index is 5.47. The molecule has 0 saturated heterocycles. The van der Waals surface area contributed by atoms with E-state index in [2.05, 4.69) is 30.3 Å². The lowest BCUT2D eigenvalue weighted by molar-refractivity contribution is 0.657. The highest BCUT2D eigenvalue weighted by Gasteiger charge is 2.11. The summed E-state index contributed by atoms with van der Waals surface area (Å²) in [5.41, 5.74) is 6.90. The van der Waals surface area contributed by atoms with Gasteiger partial charge in [-0.3, -0.25) is 5.84 Å². The van der Waals surface area contributed by atoms with Crippen LogP contribution in [-0.4, -0.2) is 4.98 Å². The number of thiazole rings is 1. The van der Waals surface area contributed by atoms with Crippen molar-refractivity contribution in [3.63, 3.8) is 0 Å². The van der Waals surface area contributed by atoms with Crippen LogP contribution in [-0.2, 0) is 0 Å². The lowest BCUT2D eigenvalue weighted by Gasteiger charge is -2.10. The van der Waals surface area contributed by atoms with E-state index in [4.69, 9.17) is 5.84 Å². The molecule has 0 saturated carbocycles. The van der Waals surface area contributed by atoms with Gasteiger partial charge in [0.05, 0.1) is 17.2 Å². The first-order valence-corrected chi connectivity index (χ1v) is 5.04. The topological polar surface area (TPSA) is 50.9 Å². The number of allylic oxidation sites excluding steroid dienone is 1. The van der Waals surface area contributed by atoms with Crippen LogP contribution in [0, 0.1) is 6.92 Å². The molecule has 1 unspecified atom stereocenters. The van der Waals surface area contributed by atoms with Gasteiger partial charge in [0.15, 0.2) is 0 Å². The minimum Gasteiger partial charge on any atom is -0.271 e. The minimum atomic E-state index is 0.0949. The largest absolute Gasteiger partial charge is 0.271 e. The summed E-state index contributed by atoms with van der Waals surface area (Å²) < 4.78 is 0. The molecule has 0 fully saturated rings.